The second-order valence-electron chi connectivity index (χ2n) is 3.01. The molecular formula is C5H5F3NO8S2-. The zero-order valence-corrected chi connectivity index (χ0v) is 10.3. The third kappa shape index (κ3) is 4.48. The number of cyclic esters (lactones) is 2. The zero-order chi connectivity index (χ0) is 14.9. The highest BCUT2D eigenvalue weighted by atomic mass is 32.3. The molecule has 1 heterocycles. The number of sulfonamides is 1. The molecule has 0 spiro atoms. The average molecular weight is 328 g/mol. The standard InChI is InChI=1S/C5H5F3NO8S2/c6-5(7,8)18(11,12)9-19(13,14)16-2-3-1-15-4(10)17-3/h3H,1-2H2/q-1. The summed E-state index contributed by atoms with van der Waals surface area (Å²) in [6.45, 7) is -1.31. The van der Waals surface area contributed by atoms with Crippen LogP contribution in [0, 0.1) is 0 Å². The molecule has 112 valence electrons. The van der Waals surface area contributed by atoms with Crippen molar-refractivity contribution in [1.82, 2.24) is 0 Å². The van der Waals surface area contributed by atoms with E-state index in [0.29, 0.717) is 0 Å². The van der Waals surface area contributed by atoms with Crippen molar-refractivity contribution in [1.29, 1.82) is 0 Å². The quantitative estimate of drug-likeness (QED) is 0.646. The van der Waals surface area contributed by atoms with E-state index in [9.17, 15) is 34.8 Å². The average Bonchev–Trinajstić information content (AvgIpc) is 2.58. The van der Waals surface area contributed by atoms with Gasteiger partial charge in [-0.05, 0) is 0 Å². The van der Waals surface area contributed by atoms with E-state index < -0.39 is 44.7 Å². The van der Waals surface area contributed by atoms with Crippen molar-refractivity contribution in [2.45, 2.75) is 11.6 Å². The van der Waals surface area contributed by atoms with E-state index in [2.05, 4.69) is 13.7 Å². The first-order valence-corrected chi connectivity index (χ1v) is 7.02. The highest BCUT2D eigenvalue weighted by Gasteiger charge is 2.40. The van der Waals surface area contributed by atoms with Crippen molar-refractivity contribution < 1.29 is 48.5 Å². The fourth-order valence-electron chi connectivity index (χ4n) is 0.793. The van der Waals surface area contributed by atoms with Crippen molar-refractivity contribution in [3.63, 3.8) is 0 Å². The second-order valence-corrected chi connectivity index (χ2v) is 6.11. The normalized spacial score (nSPS) is 21.0. The summed E-state index contributed by atoms with van der Waals surface area (Å²) in [5.41, 5.74) is -5.87. The van der Waals surface area contributed by atoms with Gasteiger partial charge in [0.25, 0.3) is 0 Å². The Balaban J connectivity index is 2.60. The van der Waals surface area contributed by atoms with E-state index in [1.807, 2.05) is 0 Å². The number of carbonyl (C=O) groups excluding carboxylic acids is 1. The summed E-state index contributed by atoms with van der Waals surface area (Å²) in [7, 11) is -11.6. The number of rotatable bonds is 5. The molecule has 9 nitrogen and oxygen atoms in total. The Morgan fingerprint density at radius 3 is 2.32 bits per heavy atom. The summed E-state index contributed by atoms with van der Waals surface area (Å²) < 4.78 is 92.2. The van der Waals surface area contributed by atoms with Gasteiger partial charge in [0.05, 0.1) is 0 Å². The lowest BCUT2D eigenvalue weighted by Gasteiger charge is -2.21. The number of hydrogen-bond acceptors (Lipinski definition) is 8. The van der Waals surface area contributed by atoms with Gasteiger partial charge in [-0.15, -0.1) is 0 Å². The molecule has 1 fully saturated rings. The fourth-order valence-corrected chi connectivity index (χ4v) is 2.59. The molecule has 1 rings (SSSR count). The van der Waals surface area contributed by atoms with Gasteiger partial charge in [-0.2, -0.15) is 13.2 Å². The predicted molar refractivity (Wildman–Crippen MR) is 49.4 cm³/mol. The number of nitrogens with zero attached hydrogens (tertiary/aromatic N) is 1. The van der Waals surface area contributed by atoms with Gasteiger partial charge in [0, 0.05) is 0 Å². The highest BCUT2D eigenvalue weighted by molar-refractivity contribution is 8.10. The molecule has 1 atom stereocenters. The van der Waals surface area contributed by atoms with E-state index in [4.69, 9.17) is 0 Å². The van der Waals surface area contributed by atoms with Gasteiger partial charge >= 0.3 is 11.7 Å². The molecule has 0 aliphatic carbocycles. The third-order valence-electron chi connectivity index (χ3n) is 1.53. The summed E-state index contributed by atoms with van der Waals surface area (Å²) >= 11 is 0. The Morgan fingerprint density at radius 1 is 1.32 bits per heavy atom. The fraction of sp³-hybridized carbons (Fsp3) is 0.800. The lowest BCUT2D eigenvalue weighted by atomic mass is 10.4. The van der Waals surface area contributed by atoms with Crippen LogP contribution in [0.3, 0.4) is 0 Å². The third-order valence-corrected chi connectivity index (χ3v) is 4.07. The summed E-state index contributed by atoms with van der Waals surface area (Å²) in [6, 6.07) is 0. The van der Waals surface area contributed by atoms with Crippen molar-refractivity contribution in [2.24, 2.45) is 0 Å². The molecule has 0 aromatic heterocycles. The van der Waals surface area contributed by atoms with Crippen LogP contribution in [0.25, 0.3) is 4.13 Å². The number of halogens is 3. The number of ether oxygens (including phenoxy) is 2. The lowest BCUT2D eigenvalue weighted by molar-refractivity contribution is -0.0425. The Labute approximate surface area is 104 Å². The SMILES string of the molecule is O=C1OCC(COS(=O)(=O)[N-]S(=O)(=O)C(F)(F)F)O1. The first kappa shape index (κ1) is 15.9. The molecule has 0 saturated carbocycles. The van der Waals surface area contributed by atoms with E-state index in [1.54, 1.807) is 4.13 Å². The number of carbonyl (C=O) groups is 1. The maximum atomic E-state index is 11.9. The van der Waals surface area contributed by atoms with Crippen molar-refractivity contribution in [3.8, 4) is 0 Å². The largest absolute Gasteiger partial charge is 0.508 e. The maximum absolute atomic E-state index is 11.9. The Morgan fingerprint density at radius 2 is 1.89 bits per heavy atom. The monoisotopic (exact) mass is 328 g/mol. The minimum atomic E-state index is -6.24. The van der Waals surface area contributed by atoms with Gasteiger partial charge < -0.3 is 13.6 Å². The topological polar surface area (TPSA) is 127 Å². The van der Waals surface area contributed by atoms with Crippen LogP contribution >= 0.6 is 0 Å². The van der Waals surface area contributed by atoms with Gasteiger partial charge in [-0.1, -0.05) is 0 Å². The van der Waals surface area contributed by atoms with Crippen LogP contribution in [0.4, 0.5) is 18.0 Å². The predicted octanol–water partition coefficient (Wildman–Crippen LogP) is 0.00650. The number of alkyl halides is 3. The minimum absolute atomic E-state index is 0.389. The molecule has 0 bridgehead atoms. The minimum Gasteiger partial charge on any atom is -0.430 e. The van der Waals surface area contributed by atoms with Crippen LogP contribution in [0.1, 0.15) is 0 Å². The molecule has 0 amide bonds. The molecule has 1 aliphatic rings. The van der Waals surface area contributed by atoms with Crippen LogP contribution in [-0.2, 0) is 34.0 Å². The molecule has 1 saturated heterocycles. The van der Waals surface area contributed by atoms with Crippen molar-refractivity contribution in [3.05, 3.63) is 4.13 Å². The van der Waals surface area contributed by atoms with Crippen LogP contribution in [0.15, 0.2) is 0 Å². The second kappa shape index (κ2) is 5.10. The van der Waals surface area contributed by atoms with Gasteiger partial charge in [-0.25, -0.2) is 21.6 Å². The molecule has 0 N–H and O–H groups in total. The maximum Gasteiger partial charge on any atom is 0.508 e. The summed E-state index contributed by atoms with van der Waals surface area (Å²) in [5, 5.41) is 0. The zero-order valence-electron chi connectivity index (χ0n) is 8.66. The van der Waals surface area contributed by atoms with Crippen LogP contribution in [-0.4, -0.2) is 47.8 Å². The number of hydrogen-bond donors (Lipinski definition) is 0. The van der Waals surface area contributed by atoms with Crippen molar-refractivity contribution >= 4 is 26.5 Å². The Kier molecular flexibility index (Phi) is 4.28. The van der Waals surface area contributed by atoms with Crippen LogP contribution in [0.2, 0.25) is 0 Å². The molecule has 0 aromatic carbocycles. The summed E-state index contributed by atoms with van der Waals surface area (Å²) in [4.78, 5) is 10.4. The molecule has 0 radical (unpaired) electrons. The van der Waals surface area contributed by atoms with Crippen LogP contribution < -0.4 is 0 Å². The van der Waals surface area contributed by atoms with E-state index in [0.717, 1.165) is 0 Å². The van der Waals surface area contributed by atoms with Gasteiger partial charge in [0.2, 0.25) is 10.3 Å². The van der Waals surface area contributed by atoms with E-state index in [1.165, 1.54) is 0 Å². The van der Waals surface area contributed by atoms with Crippen LogP contribution in [0.5, 0.6) is 0 Å². The molecule has 14 heteroatoms. The van der Waals surface area contributed by atoms with Gasteiger partial charge in [0.15, 0.2) is 16.1 Å². The summed E-state index contributed by atoms with van der Waals surface area (Å²) in [5.74, 6) is 0. The first-order chi connectivity index (χ1) is 8.43. The van der Waals surface area contributed by atoms with E-state index >= 15 is 0 Å². The van der Waals surface area contributed by atoms with Crippen molar-refractivity contribution in [2.75, 3.05) is 13.2 Å². The van der Waals surface area contributed by atoms with Gasteiger partial charge in [0.1, 0.15) is 13.2 Å². The van der Waals surface area contributed by atoms with E-state index in [-0.39, 0.29) is 6.61 Å². The Bertz CT molecular complexity index is 551. The Hall–Kier alpha value is -1.12. The molecular weight excluding hydrogens is 323 g/mol. The first-order valence-electron chi connectivity index (χ1n) is 4.21. The highest BCUT2D eigenvalue weighted by Crippen LogP contribution is 2.30. The molecule has 1 unspecified atom stereocenters. The lowest BCUT2D eigenvalue weighted by Crippen LogP contribution is -2.26. The van der Waals surface area contributed by atoms with Gasteiger partial charge in [-0.3, -0.25) is 4.18 Å². The smallest absolute Gasteiger partial charge is 0.430 e. The molecule has 0 aromatic rings. The molecule has 19 heavy (non-hydrogen) atoms. The molecule has 1 aliphatic heterocycles. The summed E-state index contributed by atoms with van der Waals surface area (Å²) in [6.07, 6.45) is -2.31.